The fraction of sp³-hybridized carbons (Fsp3) is 0.0769. The van der Waals surface area contributed by atoms with Gasteiger partial charge < -0.3 is 5.11 Å². The molecule has 96 valence electrons. The number of hydrogen-bond acceptors (Lipinski definition) is 3. The summed E-state index contributed by atoms with van der Waals surface area (Å²) in [5.74, 6) is -1.55. The van der Waals surface area contributed by atoms with Crippen molar-refractivity contribution >= 4 is 33.2 Å². The fourth-order valence-corrected chi connectivity index (χ4v) is 3.61. The summed E-state index contributed by atoms with van der Waals surface area (Å²) in [4.78, 5) is 11.8. The van der Waals surface area contributed by atoms with Crippen molar-refractivity contribution in [1.82, 2.24) is 0 Å². The summed E-state index contributed by atoms with van der Waals surface area (Å²) in [7, 11) is 0. The lowest BCUT2D eigenvalue weighted by molar-refractivity contribution is 0.0698. The number of hydrogen-bond donors (Lipinski definition) is 1. The molecule has 0 saturated heterocycles. The molecule has 1 heterocycles. The van der Waals surface area contributed by atoms with Gasteiger partial charge in [-0.05, 0) is 46.1 Å². The van der Waals surface area contributed by atoms with Gasteiger partial charge in [-0.1, -0.05) is 6.07 Å². The highest BCUT2D eigenvalue weighted by atomic mass is 79.9. The number of aryl methyl sites for hydroxylation is 1. The molecule has 1 aromatic heterocycles. The van der Waals surface area contributed by atoms with Crippen molar-refractivity contribution in [2.75, 3.05) is 0 Å². The van der Waals surface area contributed by atoms with Crippen LogP contribution in [-0.4, -0.2) is 11.1 Å². The normalized spacial score (nSPS) is 10.2. The van der Waals surface area contributed by atoms with E-state index in [0.717, 1.165) is 11.3 Å². The summed E-state index contributed by atoms with van der Waals surface area (Å²) >= 11 is 4.35. The van der Waals surface area contributed by atoms with Crippen LogP contribution >= 0.6 is 27.3 Å². The molecular weight excluding hydrogens is 333 g/mol. The van der Waals surface area contributed by atoms with E-state index in [4.69, 9.17) is 5.26 Å². The summed E-state index contributed by atoms with van der Waals surface area (Å²) in [6, 6.07) is 6.00. The number of nitrogens with zero attached hydrogens (tertiary/aromatic N) is 1. The molecule has 0 bridgehead atoms. The molecule has 6 heteroatoms. The number of carboxylic acids is 1. The van der Waals surface area contributed by atoms with Crippen molar-refractivity contribution in [1.29, 1.82) is 5.26 Å². The van der Waals surface area contributed by atoms with Gasteiger partial charge in [0.15, 0.2) is 0 Å². The average molecular weight is 340 g/mol. The van der Waals surface area contributed by atoms with Crippen LogP contribution in [0.2, 0.25) is 0 Å². The summed E-state index contributed by atoms with van der Waals surface area (Å²) in [5.41, 5.74) is 1.29. The van der Waals surface area contributed by atoms with Crippen molar-refractivity contribution in [2.45, 2.75) is 6.92 Å². The lowest BCUT2D eigenvalue weighted by Gasteiger charge is -2.05. The molecular formula is C13H7BrFNO2S. The molecule has 0 aliphatic carbocycles. The number of carboxylic acid groups (broad SMARTS) is 1. The highest BCUT2D eigenvalue weighted by Crippen LogP contribution is 2.40. The van der Waals surface area contributed by atoms with E-state index in [1.807, 2.05) is 6.07 Å². The van der Waals surface area contributed by atoms with Gasteiger partial charge in [0.05, 0.1) is 19.8 Å². The maximum Gasteiger partial charge on any atom is 0.338 e. The maximum atomic E-state index is 13.1. The van der Waals surface area contributed by atoms with E-state index in [0.29, 0.717) is 19.8 Å². The molecule has 0 aliphatic heterocycles. The van der Waals surface area contributed by atoms with Crippen LogP contribution in [0.1, 0.15) is 21.5 Å². The van der Waals surface area contributed by atoms with Crippen LogP contribution in [0.5, 0.6) is 0 Å². The number of nitriles is 1. The van der Waals surface area contributed by atoms with Gasteiger partial charge in [-0.3, -0.25) is 0 Å². The van der Waals surface area contributed by atoms with E-state index in [1.165, 1.54) is 18.2 Å². The third kappa shape index (κ3) is 2.39. The van der Waals surface area contributed by atoms with Crippen LogP contribution in [0, 0.1) is 24.1 Å². The van der Waals surface area contributed by atoms with Crippen LogP contribution in [0.4, 0.5) is 4.39 Å². The smallest absolute Gasteiger partial charge is 0.338 e. The van der Waals surface area contributed by atoms with E-state index < -0.39 is 5.97 Å². The first-order chi connectivity index (χ1) is 8.95. The maximum absolute atomic E-state index is 13.1. The van der Waals surface area contributed by atoms with E-state index in [9.17, 15) is 14.3 Å². The van der Waals surface area contributed by atoms with Crippen LogP contribution < -0.4 is 0 Å². The second-order valence-corrected chi connectivity index (χ2v) is 6.17. The molecule has 19 heavy (non-hydrogen) atoms. The molecule has 0 fully saturated rings. The Morgan fingerprint density at radius 2 is 2.21 bits per heavy atom. The van der Waals surface area contributed by atoms with Crippen LogP contribution in [0.3, 0.4) is 0 Å². The molecule has 3 nitrogen and oxygen atoms in total. The first-order valence-corrected chi connectivity index (χ1v) is 6.79. The van der Waals surface area contributed by atoms with Crippen LogP contribution in [-0.2, 0) is 0 Å². The van der Waals surface area contributed by atoms with Crippen molar-refractivity contribution in [3.05, 3.63) is 44.5 Å². The van der Waals surface area contributed by atoms with E-state index in [2.05, 4.69) is 15.9 Å². The number of halogens is 2. The van der Waals surface area contributed by atoms with Gasteiger partial charge in [0.2, 0.25) is 0 Å². The van der Waals surface area contributed by atoms with Crippen molar-refractivity contribution < 1.29 is 14.3 Å². The summed E-state index contributed by atoms with van der Waals surface area (Å²) in [6.45, 7) is 1.70. The molecule has 1 N–H and O–H groups in total. The molecule has 1 aromatic carbocycles. The molecule has 0 aliphatic rings. The Bertz CT molecular complexity index is 718. The third-order valence-corrected chi connectivity index (χ3v) is 4.52. The van der Waals surface area contributed by atoms with E-state index in [1.54, 1.807) is 6.92 Å². The highest BCUT2D eigenvalue weighted by molar-refractivity contribution is 9.11. The minimum absolute atomic E-state index is 0.0471. The average Bonchev–Trinajstić information content (AvgIpc) is 2.65. The molecule has 0 saturated carbocycles. The molecule has 0 atom stereocenters. The Balaban J connectivity index is 2.76. The number of rotatable bonds is 2. The Labute approximate surface area is 121 Å². The van der Waals surface area contributed by atoms with Crippen LogP contribution in [0.25, 0.3) is 10.4 Å². The second-order valence-electron chi connectivity index (χ2n) is 3.83. The minimum Gasteiger partial charge on any atom is -0.478 e. The second kappa shape index (κ2) is 5.11. The minimum atomic E-state index is -1.17. The standard InChI is InChI=1S/C13H7BrFNO2S/c1-6-4-7(15)2-3-8(6)11-10(13(17)18)9(5-16)12(14)19-11/h2-4H,1H3,(H,17,18). The lowest BCUT2D eigenvalue weighted by atomic mass is 10.0. The van der Waals surface area contributed by atoms with Gasteiger partial charge in [0.1, 0.15) is 11.9 Å². The molecule has 2 aromatic rings. The zero-order valence-electron chi connectivity index (χ0n) is 9.70. The Hall–Kier alpha value is -1.71. The SMILES string of the molecule is Cc1cc(F)ccc1-c1sc(Br)c(C#N)c1C(=O)O. The molecule has 2 rings (SSSR count). The summed E-state index contributed by atoms with van der Waals surface area (Å²) in [6.07, 6.45) is 0. The lowest BCUT2D eigenvalue weighted by Crippen LogP contribution is -2.00. The van der Waals surface area contributed by atoms with Gasteiger partial charge in [-0.15, -0.1) is 11.3 Å². The number of aromatic carboxylic acids is 1. The van der Waals surface area contributed by atoms with Gasteiger partial charge in [0, 0.05) is 0 Å². The topological polar surface area (TPSA) is 61.1 Å². The first-order valence-electron chi connectivity index (χ1n) is 5.18. The number of carbonyl (C=O) groups is 1. The monoisotopic (exact) mass is 339 g/mol. The first kappa shape index (κ1) is 13.7. The predicted octanol–water partition coefficient (Wildman–Crippen LogP) is 4.20. The predicted molar refractivity (Wildman–Crippen MR) is 73.8 cm³/mol. The molecule has 0 unspecified atom stereocenters. The highest BCUT2D eigenvalue weighted by Gasteiger charge is 2.24. The van der Waals surface area contributed by atoms with Crippen LogP contribution in [0.15, 0.2) is 22.0 Å². The summed E-state index contributed by atoms with van der Waals surface area (Å²) < 4.78 is 13.6. The Morgan fingerprint density at radius 1 is 1.53 bits per heavy atom. The summed E-state index contributed by atoms with van der Waals surface area (Å²) in [5, 5.41) is 18.3. The van der Waals surface area contributed by atoms with Gasteiger partial charge in [-0.2, -0.15) is 5.26 Å². The molecule has 0 spiro atoms. The van der Waals surface area contributed by atoms with Gasteiger partial charge >= 0.3 is 5.97 Å². The number of benzene rings is 1. The third-order valence-electron chi connectivity index (χ3n) is 2.62. The van der Waals surface area contributed by atoms with Gasteiger partial charge in [-0.25, -0.2) is 9.18 Å². The number of thiophene rings is 1. The molecule has 0 amide bonds. The fourth-order valence-electron chi connectivity index (χ4n) is 1.78. The van der Waals surface area contributed by atoms with E-state index in [-0.39, 0.29) is 16.9 Å². The Kier molecular flexibility index (Phi) is 3.69. The quantitative estimate of drug-likeness (QED) is 0.891. The molecule has 0 radical (unpaired) electrons. The van der Waals surface area contributed by atoms with E-state index >= 15 is 0 Å². The zero-order chi connectivity index (χ0) is 14.2. The van der Waals surface area contributed by atoms with Crippen molar-refractivity contribution in [3.63, 3.8) is 0 Å². The largest absolute Gasteiger partial charge is 0.478 e. The van der Waals surface area contributed by atoms with Crippen molar-refractivity contribution in [2.24, 2.45) is 0 Å². The zero-order valence-corrected chi connectivity index (χ0v) is 12.1. The Morgan fingerprint density at radius 3 is 2.74 bits per heavy atom. The van der Waals surface area contributed by atoms with Crippen molar-refractivity contribution in [3.8, 4) is 16.5 Å². The van der Waals surface area contributed by atoms with Gasteiger partial charge in [0.25, 0.3) is 0 Å².